The summed E-state index contributed by atoms with van der Waals surface area (Å²) in [6.45, 7) is 4.24. The fraction of sp³-hybridized carbons (Fsp3) is 0.417. The van der Waals surface area contributed by atoms with Crippen molar-refractivity contribution in [3.8, 4) is 6.07 Å². The monoisotopic (exact) mass is 205 g/mol. The van der Waals surface area contributed by atoms with Crippen LogP contribution in [0.1, 0.15) is 23.1 Å². The molecule has 0 fully saturated rings. The molecule has 74 valence electrons. The fourth-order valence-electron chi connectivity index (χ4n) is 1.46. The van der Waals surface area contributed by atoms with Gasteiger partial charge in [-0.15, -0.1) is 0 Å². The SMILES string of the molecule is Cc1cc(C)cc(CSCCC#N)c1. The molecule has 0 saturated carbocycles. The average Bonchev–Trinajstić information content (AvgIpc) is 2.11. The lowest BCUT2D eigenvalue weighted by molar-refractivity contribution is 1.23. The lowest BCUT2D eigenvalue weighted by atomic mass is 10.1. The maximum Gasteiger partial charge on any atom is 0.0630 e. The van der Waals surface area contributed by atoms with Crippen LogP contribution in [-0.4, -0.2) is 5.75 Å². The van der Waals surface area contributed by atoms with E-state index in [4.69, 9.17) is 5.26 Å². The number of nitrogens with zero attached hydrogens (tertiary/aromatic N) is 1. The topological polar surface area (TPSA) is 23.8 Å². The van der Waals surface area contributed by atoms with Crippen molar-refractivity contribution in [1.29, 1.82) is 5.26 Å². The first-order valence-corrected chi connectivity index (χ1v) is 5.89. The van der Waals surface area contributed by atoms with E-state index < -0.39 is 0 Å². The number of hydrogen-bond acceptors (Lipinski definition) is 2. The molecule has 0 aliphatic rings. The molecule has 0 saturated heterocycles. The molecule has 1 aromatic rings. The van der Waals surface area contributed by atoms with Crippen molar-refractivity contribution in [2.75, 3.05) is 5.75 Å². The summed E-state index contributed by atoms with van der Waals surface area (Å²) in [5.74, 6) is 1.95. The Bertz CT molecular complexity index is 318. The molecule has 0 atom stereocenters. The largest absolute Gasteiger partial charge is 0.198 e. The van der Waals surface area contributed by atoms with Gasteiger partial charge in [-0.1, -0.05) is 29.3 Å². The maximum absolute atomic E-state index is 8.39. The van der Waals surface area contributed by atoms with Gasteiger partial charge in [0.1, 0.15) is 0 Å². The van der Waals surface area contributed by atoms with Gasteiger partial charge in [0.25, 0.3) is 0 Å². The Labute approximate surface area is 90.1 Å². The van der Waals surface area contributed by atoms with Gasteiger partial charge in [0.15, 0.2) is 0 Å². The van der Waals surface area contributed by atoms with Gasteiger partial charge >= 0.3 is 0 Å². The Balaban J connectivity index is 2.47. The van der Waals surface area contributed by atoms with Crippen LogP contribution in [0.3, 0.4) is 0 Å². The van der Waals surface area contributed by atoms with E-state index in [0.717, 1.165) is 11.5 Å². The molecule has 2 heteroatoms. The summed E-state index contributed by atoms with van der Waals surface area (Å²) in [6, 6.07) is 8.77. The molecule has 0 unspecified atom stereocenters. The van der Waals surface area contributed by atoms with Crippen LogP contribution in [-0.2, 0) is 5.75 Å². The Kier molecular flexibility index (Phi) is 4.55. The van der Waals surface area contributed by atoms with Gasteiger partial charge in [0.2, 0.25) is 0 Å². The molecule has 0 radical (unpaired) electrons. The van der Waals surface area contributed by atoms with Gasteiger partial charge in [0.05, 0.1) is 6.07 Å². The van der Waals surface area contributed by atoms with E-state index in [0.29, 0.717) is 6.42 Å². The first kappa shape index (κ1) is 11.1. The standard InChI is InChI=1S/C12H15NS/c1-10-6-11(2)8-12(7-10)9-14-5-3-4-13/h6-8H,3,5,9H2,1-2H3. The predicted molar refractivity (Wildman–Crippen MR) is 62.3 cm³/mol. The summed E-state index contributed by atoms with van der Waals surface area (Å²) in [5, 5.41) is 8.39. The minimum Gasteiger partial charge on any atom is -0.198 e. The molecule has 1 nitrogen and oxygen atoms in total. The van der Waals surface area contributed by atoms with Crippen LogP contribution in [0.25, 0.3) is 0 Å². The summed E-state index contributed by atoms with van der Waals surface area (Å²) in [7, 11) is 0. The Morgan fingerprint density at radius 1 is 1.21 bits per heavy atom. The van der Waals surface area contributed by atoms with Crippen LogP contribution in [0, 0.1) is 25.2 Å². The number of benzene rings is 1. The second-order valence-electron chi connectivity index (χ2n) is 3.46. The van der Waals surface area contributed by atoms with E-state index in [9.17, 15) is 0 Å². The highest BCUT2D eigenvalue weighted by Crippen LogP contribution is 2.16. The zero-order valence-corrected chi connectivity index (χ0v) is 9.53. The number of nitriles is 1. The van der Waals surface area contributed by atoms with Gasteiger partial charge in [-0.3, -0.25) is 0 Å². The Morgan fingerprint density at radius 3 is 2.43 bits per heavy atom. The van der Waals surface area contributed by atoms with Crippen molar-refractivity contribution >= 4 is 11.8 Å². The number of rotatable bonds is 4. The smallest absolute Gasteiger partial charge is 0.0630 e. The van der Waals surface area contributed by atoms with Crippen LogP contribution in [0.15, 0.2) is 18.2 Å². The van der Waals surface area contributed by atoms with E-state index in [-0.39, 0.29) is 0 Å². The molecule has 0 heterocycles. The highest BCUT2D eigenvalue weighted by Gasteiger charge is 1.96. The number of thioether (sulfide) groups is 1. The molecule has 0 spiro atoms. The van der Waals surface area contributed by atoms with E-state index in [2.05, 4.69) is 38.1 Å². The third-order valence-electron chi connectivity index (χ3n) is 1.91. The minimum absolute atomic E-state index is 0.648. The second kappa shape index (κ2) is 5.72. The second-order valence-corrected chi connectivity index (χ2v) is 4.56. The normalized spacial score (nSPS) is 9.79. The van der Waals surface area contributed by atoms with Crippen molar-refractivity contribution in [2.24, 2.45) is 0 Å². The summed E-state index contributed by atoms with van der Waals surface area (Å²) < 4.78 is 0. The zero-order valence-electron chi connectivity index (χ0n) is 8.71. The summed E-state index contributed by atoms with van der Waals surface area (Å²) in [6.07, 6.45) is 0.648. The van der Waals surface area contributed by atoms with Crippen molar-refractivity contribution in [3.63, 3.8) is 0 Å². The summed E-state index contributed by atoms with van der Waals surface area (Å²) >= 11 is 1.83. The van der Waals surface area contributed by atoms with Crippen LogP contribution in [0.5, 0.6) is 0 Å². The Morgan fingerprint density at radius 2 is 1.86 bits per heavy atom. The maximum atomic E-state index is 8.39. The summed E-state index contributed by atoms with van der Waals surface area (Å²) in [5.41, 5.74) is 4.01. The van der Waals surface area contributed by atoms with Crippen molar-refractivity contribution < 1.29 is 0 Å². The molecule has 14 heavy (non-hydrogen) atoms. The molecular weight excluding hydrogens is 190 g/mol. The molecule has 1 rings (SSSR count). The van der Waals surface area contributed by atoms with Gasteiger partial charge in [-0.25, -0.2) is 0 Å². The van der Waals surface area contributed by atoms with E-state index in [1.165, 1.54) is 16.7 Å². The van der Waals surface area contributed by atoms with Crippen LogP contribution < -0.4 is 0 Å². The van der Waals surface area contributed by atoms with E-state index >= 15 is 0 Å². The molecule has 0 bridgehead atoms. The van der Waals surface area contributed by atoms with Gasteiger partial charge in [0, 0.05) is 17.9 Å². The average molecular weight is 205 g/mol. The predicted octanol–water partition coefficient (Wildman–Crippen LogP) is 3.45. The quantitative estimate of drug-likeness (QED) is 0.703. The molecule has 0 aromatic heterocycles. The first-order valence-electron chi connectivity index (χ1n) is 4.74. The van der Waals surface area contributed by atoms with Crippen molar-refractivity contribution in [1.82, 2.24) is 0 Å². The number of aryl methyl sites for hydroxylation is 2. The van der Waals surface area contributed by atoms with Gasteiger partial charge < -0.3 is 0 Å². The van der Waals surface area contributed by atoms with Crippen LogP contribution >= 0.6 is 11.8 Å². The molecule has 0 aliphatic heterocycles. The zero-order chi connectivity index (χ0) is 10.4. The molecule has 0 amide bonds. The minimum atomic E-state index is 0.648. The molecular formula is C12H15NS. The highest BCUT2D eigenvalue weighted by molar-refractivity contribution is 7.98. The third-order valence-corrected chi connectivity index (χ3v) is 2.94. The molecule has 1 aromatic carbocycles. The van der Waals surface area contributed by atoms with E-state index in [1.54, 1.807) is 0 Å². The van der Waals surface area contributed by atoms with Gasteiger partial charge in [-0.05, 0) is 19.4 Å². The van der Waals surface area contributed by atoms with Gasteiger partial charge in [-0.2, -0.15) is 17.0 Å². The molecule has 0 aliphatic carbocycles. The third kappa shape index (κ3) is 3.85. The van der Waals surface area contributed by atoms with Crippen molar-refractivity contribution in [2.45, 2.75) is 26.0 Å². The van der Waals surface area contributed by atoms with Crippen LogP contribution in [0.4, 0.5) is 0 Å². The Hall–Kier alpha value is -0.940. The molecule has 0 N–H and O–H groups in total. The fourth-order valence-corrected chi connectivity index (χ4v) is 2.24. The first-order chi connectivity index (χ1) is 6.72. The number of hydrogen-bond donors (Lipinski definition) is 0. The van der Waals surface area contributed by atoms with E-state index in [1.807, 2.05) is 11.8 Å². The highest BCUT2D eigenvalue weighted by atomic mass is 32.2. The van der Waals surface area contributed by atoms with Crippen molar-refractivity contribution in [3.05, 3.63) is 34.9 Å². The lowest BCUT2D eigenvalue weighted by Gasteiger charge is -2.03. The van der Waals surface area contributed by atoms with Crippen LogP contribution in [0.2, 0.25) is 0 Å². The lowest BCUT2D eigenvalue weighted by Crippen LogP contribution is -1.86. The summed E-state index contributed by atoms with van der Waals surface area (Å²) in [4.78, 5) is 0.